The molecule has 0 saturated heterocycles. The van der Waals surface area contributed by atoms with Gasteiger partial charge in [-0.3, -0.25) is 9.59 Å². The number of amides is 1. The van der Waals surface area contributed by atoms with Crippen molar-refractivity contribution < 1.29 is 4.79 Å². The first kappa shape index (κ1) is 15.1. The highest BCUT2D eigenvalue weighted by Crippen LogP contribution is 2.46. The summed E-state index contributed by atoms with van der Waals surface area (Å²) >= 11 is 12.0. The number of aromatic nitrogens is 1. The van der Waals surface area contributed by atoms with Crippen molar-refractivity contribution in [2.75, 3.05) is 0 Å². The van der Waals surface area contributed by atoms with Crippen molar-refractivity contribution in [3.8, 4) is 0 Å². The van der Waals surface area contributed by atoms with E-state index in [4.69, 9.17) is 23.2 Å². The predicted octanol–water partition coefficient (Wildman–Crippen LogP) is 2.96. The van der Waals surface area contributed by atoms with Gasteiger partial charge in [-0.1, -0.05) is 35.3 Å². The molecule has 1 saturated carbocycles. The van der Waals surface area contributed by atoms with Crippen LogP contribution >= 0.6 is 23.2 Å². The number of hydrogen-bond acceptors (Lipinski definition) is 2. The summed E-state index contributed by atoms with van der Waals surface area (Å²) < 4.78 is 1.38. The minimum atomic E-state index is -0.385. The molecule has 1 N–H and O–H groups in total. The Bertz CT molecular complexity index is 782. The van der Waals surface area contributed by atoms with E-state index in [0.29, 0.717) is 10.0 Å². The van der Waals surface area contributed by atoms with Gasteiger partial charge >= 0.3 is 0 Å². The lowest BCUT2D eigenvalue weighted by Crippen LogP contribution is -2.38. The average molecular weight is 337 g/mol. The van der Waals surface area contributed by atoms with Gasteiger partial charge < -0.3 is 9.88 Å². The third kappa shape index (κ3) is 3.03. The van der Waals surface area contributed by atoms with Crippen molar-refractivity contribution in [1.82, 2.24) is 9.88 Å². The van der Waals surface area contributed by atoms with Gasteiger partial charge in [0.15, 0.2) is 0 Å². The normalized spacial score (nSPS) is 15.4. The fourth-order valence-corrected chi connectivity index (χ4v) is 2.76. The molecule has 1 aliphatic carbocycles. The molecule has 3 rings (SSSR count). The van der Waals surface area contributed by atoms with Gasteiger partial charge in [0.25, 0.3) is 5.56 Å². The number of carbonyl (C=O) groups excluding carboxylic acids is 1. The first-order valence-corrected chi connectivity index (χ1v) is 7.68. The Labute approximate surface area is 137 Å². The maximum Gasteiger partial charge on any atom is 0.250 e. The Balaban J connectivity index is 1.75. The van der Waals surface area contributed by atoms with Crippen molar-refractivity contribution in [3.63, 3.8) is 0 Å². The number of nitrogens with one attached hydrogen (secondary N) is 1. The summed E-state index contributed by atoms with van der Waals surface area (Å²) in [5, 5.41) is 3.97. The van der Waals surface area contributed by atoms with Crippen LogP contribution in [0.15, 0.2) is 47.4 Å². The number of carbonyl (C=O) groups is 1. The molecule has 2 aromatic rings. The topological polar surface area (TPSA) is 51.1 Å². The summed E-state index contributed by atoms with van der Waals surface area (Å²) in [5.41, 5.74) is 0.358. The number of rotatable bonds is 4. The summed E-state index contributed by atoms with van der Waals surface area (Å²) in [6.45, 7) is 0.00272. The highest BCUT2D eigenvalue weighted by Gasteiger charge is 2.45. The molecule has 1 aromatic heterocycles. The van der Waals surface area contributed by atoms with Crippen LogP contribution in [0.4, 0.5) is 0 Å². The number of nitrogens with zero attached hydrogens (tertiary/aromatic N) is 1. The minimum absolute atomic E-state index is 0.00272. The maximum atomic E-state index is 12.2. The Morgan fingerprint density at radius 1 is 1.18 bits per heavy atom. The van der Waals surface area contributed by atoms with Crippen molar-refractivity contribution in [2.24, 2.45) is 0 Å². The molecule has 1 amide bonds. The number of halogens is 2. The van der Waals surface area contributed by atoms with Crippen molar-refractivity contribution in [1.29, 1.82) is 0 Å². The van der Waals surface area contributed by atoms with E-state index in [9.17, 15) is 9.59 Å². The standard InChI is InChI=1S/C16H14Cl2N2O2/c17-12-5-4-11(9-13(12)18)16(6-7-16)19-14(21)10-20-8-2-1-3-15(20)22/h1-5,8-9H,6-7,10H2,(H,19,21). The van der Waals surface area contributed by atoms with Crippen LogP contribution in [0.5, 0.6) is 0 Å². The molecular formula is C16H14Cl2N2O2. The van der Waals surface area contributed by atoms with Crippen LogP contribution in [-0.2, 0) is 16.9 Å². The van der Waals surface area contributed by atoms with Crippen LogP contribution in [0.2, 0.25) is 10.0 Å². The van der Waals surface area contributed by atoms with E-state index in [1.165, 1.54) is 10.6 Å². The van der Waals surface area contributed by atoms with E-state index in [2.05, 4.69) is 5.32 Å². The van der Waals surface area contributed by atoms with Gasteiger partial charge in [0.05, 0.1) is 15.6 Å². The summed E-state index contributed by atoms with van der Waals surface area (Å²) in [6.07, 6.45) is 3.29. The minimum Gasteiger partial charge on any atom is -0.345 e. The second-order valence-electron chi connectivity index (χ2n) is 5.43. The lowest BCUT2D eigenvalue weighted by Gasteiger charge is -2.19. The summed E-state index contributed by atoms with van der Waals surface area (Å²) in [6, 6.07) is 10.2. The largest absolute Gasteiger partial charge is 0.345 e. The second kappa shape index (κ2) is 5.78. The Morgan fingerprint density at radius 2 is 1.95 bits per heavy atom. The molecule has 4 nitrogen and oxygen atoms in total. The number of pyridine rings is 1. The number of benzene rings is 1. The Hall–Kier alpha value is -1.78. The molecule has 0 bridgehead atoms. The van der Waals surface area contributed by atoms with Crippen LogP contribution in [-0.4, -0.2) is 10.5 Å². The molecule has 6 heteroatoms. The smallest absolute Gasteiger partial charge is 0.250 e. The highest BCUT2D eigenvalue weighted by atomic mass is 35.5. The third-order valence-electron chi connectivity index (χ3n) is 3.81. The van der Waals surface area contributed by atoms with E-state index in [1.807, 2.05) is 6.07 Å². The fourth-order valence-electron chi connectivity index (χ4n) is 2.46. The van der Waals surface area contributed by atoms with Crippen LogP contribution in [0.1, 0.15) is 18.4 Å². The molecule has 0 atom stereocenters. The van der Waals surface area contributed by atoms with Crippen LogP contribution in [0.25, 0.3) is 0 Å². The van der Waals surface area contributed by atoms with Gasteiger partial charge in [-0.25, -0.2) is 0 Å². The van der Waals surface area contributed by atoms with E-state index < -0.39 is 0 Å². The van der Waals surface area contributed by atoms with Gasteiger partial charge in [-0.05, 0) is 36.6 Å². The Morgan fingerprint density at radius 3 is 2.59 bits per heavy atom. The fraction of sp³-hybridized carbons (Fsp3) is 0.250. The second-order valence-corrected chi connectivity index (χ2v) is 6.24. The van der Waals surface area contributed by atoms with E-state index in [-0.39, 0.29) is 23.6 Å². The monoisotopic (exact) mass is 336 g/mol. The van der Waals surface area contributed by atoms with Crippen molar-refractivity contribution >= 4 is 29.1 Å². The molecule has 0 aliphatic heterocycles. The average Bonchev–Trinajstić information content (AvgIpc) is 3.25. The third-order valence-corrected chi connectivity index (χ3v) is 4.55. The quantitative estimate of drug-likeness (QED) is 0.933. The summed E-state index contributed by atoms with van der Waals surface area (Å²) in [5.74, 6) is -0.197. The van der Waals surface area contributed by atoms with Gasteiger partial charge in [0, 0.05) is 12.3 Å². The first-order chi connectivity index (χ1) is 10.5. The first-order valence-electron chi connectivity index (χ1n) is 6.92. The van der Waals surface area contributed by atoms with Crippen LogP contribution in [0.3, 0.4) is 0 Å². The Kier molecular flexibility index (Phi) is 3.98. The van der Waals surface area contributed by atoms with Gasteiger partial charge in [0.2, 0.25) is 5.91 Å². The van der Waals surface area contributed by atoms with E-state index >= 15 is 0 Å². The summed E-state index contributed by atoms with van der Waals surface area (Å²) in [4.78, 5) is 23.9. The summed E-state index contributed by atoms with van der Waals surface area (Å²) in [7, 11) is 0. The molecule has 1 aliphatic rings. The van der Waals surface area contributed by atoms with E-state index in [1.54, 1.807) is 30.5 Å². The molecule has 22 heavy (non-hydrogen) atoms. The molecule has 1 fully saturated rings. The molecule has 1 aromatic carbocycles. The molecule has 0 spiro atoms. The van der Waals surface area contributed by atoms with Gasteiger partial charge in [-0.15, -0.1) is 0 Å². The van der Waals surface area contributed by atoms with Crippen molar-refractivity contribution in [3.05, 3.63) is 68.6 Å². The zero-order chi connectivity index (χ0) is 15.7. The zero-order valence-corrected chi connectivity index (χ0v) is 13.2. The molecule has 0 unspecified atom stereocenters. The van der Waals surface area contributed by atoms with Crippen molar-refractivity contribution in [2.45, 2.75) is 24.9 Å². The molecule has 1 heterocycles. The van der Waals surface area contributed by atoms with E-state index in [0.717, 1.165) is 18.4 Å². The SMILES string of the molecule is O=C(Cn1ccccc1=O)NC1(c2ccc(Cl)c(Cl)c2)CC1. The van der Waals surface area contributed by atoms with Crippen LogP contribution in [0, 0.1) is 0 Å². The van der Waals surface area contributed by atoms with Gasteiger partial charge in [-0.2, -0.15) is 0 Å². The lowest BCUT2D eigenvalue weighted by molar-refractivity contribution is -0.122. The van der Waals surface area contributed by atoms with Gasteiger partial charge in [0.1, 0.15) is 6.54 Å². The molecule has 0 radical (unpaired) electrons. The van der Waals surface area contributed by atoms with Crippen LogP contribution < -0.4 is 10.9 Å². The number of hydrogen-bond donors (Lipinski definition) is 1. The predicted molar refractivity (Wildman–Crippen MR) is 86.2 cm³/mol. The lowest BCUT2D eigenvalue weighted by atomic mass is 10.0. The molecular weight excluding hydrogens is 323 g/mol. The highest BCUT2D eigenvalue weighted by molar-refractivity contribution is 6.42. The maximum absolute atomic E-state index is 12.2. The molecule has 114 valence electrons. The zero-order valence-electron chi connectivity index (χ0n) is 11.7.